The van der Waals surface area contributed by atoms with E-state index in [1.165, 1.54) is 7.11 Å². The van der Waals surface area contributed by atoms with E-state index in [1.54, 1.807) is 45.0 Å². The van der Waals surface area contributed by atoms with E-state index in [0.29, 0.717) is 24.3 Å². The fourth-order valence-electron chi connectivity index (χ4n) is 4.14. The minimum absolute atomic E-state index is 0.00304. The molecule has 9 heteroatoms. The number of carbonyl (C=O) groups excluding carboxylic acids is 2. The minimum Gasteiger partial charge on any atom is -0.464 e. The van der Waals surface area contributed by atoms with E-state index in [-0.39, 0.29) is 18.8 Å². The van der Waals surface area contributed by atoms with Crippen LogP contribution in [0, 0.1) is 0 Å². The molecule has 0 saturated carbocycles. The molecule has 1 aromatic rings. The lowest BCUT2D eigenvalue weighted by molar-refractivity contribution is -0.306. The number of rotatable bonds is 10. The number of hydrogen-bond donors (Lipinski definition) is 1. The van der Waals surface area contributed by atoms with Crippen molar-refractivity contribution in [2.75, 3.05) is 20.3 Å². The third kappa shape index (κ3) is 5.95. The maximum absolute atomic E-state index is 13.0. The molecule has 0 radical (unpaired) electrons. The molecular weight excluding hydrogens is 444 g/mol. The Morgan fingerprint density at radius 2 is 1.85 bits per heavy atom. The first-order valence-corrected chi connectivity index (χ1v) is 11.8. The molecule has 0 spiro atoms. The third-order valence-corrected chi connectivity index (χ3v) is 6.02. The van der Waals surface area contributed by atoms with Crippen LogP contribution in [0.25, 0.3) is 0 Å². The maximum atomic E-state index is 13.0. The highest BCUT2D eigenvalue weighted by Gasteiger charge is 2.58. The van der Waals surface area contributed by atoms with Gasteiger partial charge in [-0.05, 0) is 44.5 Å². The predicted octanol–water partition coefficient (Wildman–Crippen LogP) is 3.01. The van der Waals surface area contributed by atoms with Gasteiger partial charge in [-0.15, -0.1) is 0 Å². The SMILES string of the molecule is CCCCO[C@@H]1C[C@](Oc2ccc(C(=O)CC)cc2)(C(=O)OC)OC([C@H]2COC(C)(C)O2)[C@@H]1O. The number of hydrogen-bond acceptors (Lipinski definition) is 9. The molecule has 2 aliphatic heterocycles. The second-order valence-corrected chi connectivity index (χ2v) is 9.05. The van der Waals surface area contributed by atoms with Crippen molar-refractivity contribution in [1.29, 1.82) is 0 Å². The maximum Gasteiger partial charge on any atom is 0.379 e. The van der Waals surface area contributed by atoms with Crippen molar-refractivity contribution in [1.82, 2.24) is 0 Å². The molecule has 1 N–H and O–H groups in total. The first kappa shape index (κ1) is 26.6. The van der Waals surface area contributed by atoms with Gasteiger partial charge in [0.2, 0.25) is 0 Å². The van der Waals surface area contributed by atoms with Crippen molar-refractivity contribution >= 4 is 11.8 Å². The van der Waals surface area contributed by atoms with E-state index in [0.717, 1.165) is 12.8 Å². The van der Waals surface area contributed by atoms with Gasteiger partial charge in [0.05, 0.1) is 26.2 Å². The van der Waals surface area contributed by atoms with Gasteiger partial charge >= 0.3 is 11.8 Å². The molecule has 190 valence electrons. The van der Waals surface area contributed by atoms with Crippen LogP contribution in [0.3, 0.4) is 0 Å². The number of aliphatic hydroxyl groups excluding tert-OH is 1. The quantitative estimate of drug-likeness (QED) is 0.307. The van der Waals surface area contributed by atoms with Gasteiger partial charge in [0, 0.05) is 18.6 Å². The van der Waals surface area contributed by atoms with Crippen molar-refractivity contribution in [2.45, 2.75) is 89.4 Å². The Balaban J connectivity index is 1.92. The molecule has 2 heterocycles. The number of unbranched alkanes of at least 4 members (excludes halogenated alkanes) is 1. The Kier molecular flexibility index (Phi) is 8.70. The lowest BCUT2D eigenvalue weighted by Crippen LogP contribution is -2.64. The summed E-state index contributed by atoms with van der Waals surface area (Å²) in [4.78, 5) is 25.0. The molecule has 5 atom stereocenters. The Labute approximate surface area is 200 Å². The Bertz CT molecular complexity index is 837. The van der Waals surface area contributed by atoms with Crippen LogP contribution in [0.5, 0.6) is 5.75 Å². The molecule has 1 aromatic carbocycles. The molecule has 2 saturated heterocycles. The topological polar surface area (TPSA) is 110 Å². The average Bonchev–Trinajstić information content (AvgIpc) is 3.19. The van der Waals surface area contributed by atoms with Crippen LogP contribution in [0.4, 0.5) is 0 Å². The number of carbonyl (C=O) groups is 2. The van der Waals surface area contributed by atoms with Gasteiger partial charge in [0.1, 0.15) is 24.1 Å². The summed E-state index contributed by atoms with van der Waals surface area (Å²) in [6.07, 6.45) is -1.47. The van der Waals surface area contributed by atoms with Crippen LogP contribution in [0.1, 0.15) is 63.7 Å². The largest absolute Gasteiger partial charge is 0.464 e. The highest BCUT2D eigenvalue weighted by molar-refractivity contribution is 5.95. The minimum atomic E-state index is -1.89. The van der Waals surface area contributed by atoms with Gasteiger partial charge < -0.3 is 33.5 Å². The van der Waals surface area contributed by atoms with Crippen LogP contribution in [0.2, 0.25) is 0 Å². The zero-order valence-electron chi connectivity index (χ0n) is 20.6. The van der Waals surface area contributed by atoms with E-state index in [2.05, 4.69) is 0 Å². The van der Waals surface area contributed by atoms with Crippen LogP contribution < -0.4 is 4.74 Å². The standard InChI is InChI=1S/C25H36O9/c1-6-8-13-30-19-14-25(23(28)29-5,32-17-11-9-16(10-12-17)18(26)7-2)34-22(21(19)27)20-15-31-24(3,4)33-20/h9-12,19-22,27H,6-8,13-15H2,1-5H3/t19-,20-,21-,22?,25-/m1/s1. The fraction of sp³-hybridized carbons (Fsp3) is 0.680. The molecule has 34 heavy (non-hydrogen) atoms. The summed E-state index contributed by atoms with van der Waals surface area (Å²) in [5, 5.41) is 11.1. The van der Waals surface area contributed by atoms with E-state index < -0.39 is 42.0 Å². The Morgan fingerprint density at radius 3 is 2.41 bits per heavy atom. The van der Waals surface area contributed by atoms with Crippen molar-refractivity contribution < 1.29 is 43.1 Å². The van der Waals surface area contributed by atoms with Crippen LogP contribution in [-0.4, -0.2) is 73.2 Å². The van der Waals surface area contributed by atoms with E-state index >= 15 is 0 Å². The Morgan fingerprint density at radius 1 is 1.15 bits per heavy atom. The van der Waals surface area contributed by atoms with Crippen molar-refractivity contribution in [3.63, 3.8) is 0 Å². The number of ether oxygens (including phenoxy) is 6. The summed E-state index contributed by atoms with van der Waals surface area (Å²) in [6, 6.07) is 6.46. The summed E-state index contributed by atoms with van der Waals surface area (Å²) in [5.74, 6) is -3.20. The van der Waals surface area contributed by atoms with Gasteiger partial charge in [-0.3, -0.25) is 4.79 Å². The average molecular weight is 481 g/mol. The van der Waals surface area contributed by atoms with Gasteiger partial charge in [-0.1, -0.05) is 20.3 Å². The molecular formula is C25H36O9. The number of methoxy groups -OCH3 is 1. The summed E-state index contributed by atoms with van der Waals surface area (Å²) in [5.41, 5.74) is 0.541. The van der Waals surface area contributed by atoms with Crippen LogP contribution in [0.15, 0.2) is 24.3 Å². The van der Waals surface area contributed by atoms with Crippen molar-refractivity contribution in [3.8, 4) is 5.75 Å². The Hall–Kier alpha value is -2.04. The monoisotopic (exact) mass is 480 g/mol. The number of Topliss-reactive ketones (excluding diaryl/α,β-unsaturated/α-hetero) is 1. The number of ketones is 1. The molecule has 0 amide bonds. The number of benzene rings is 1. The fourth-order valence-corrected chi connectivity index (χ4v) is 4.14. The van der Waals surface area contributed by atoms with Crippen LogP contribution in [-0.2, 0) is 28.5 Å². The second-order valence-electron chi connectivity index (χ2n) is 9.05. The first-order chi connectivity index (χ1) is 16.1. The molecule has 9 nitrogen and oxygen atoms in total. The lowest BCUT2D eigenvalue weighted by Gasteiger charge is -2.45. The normalized spacial score (nSPS) is 30.6. The highest BCUT2D eigenvalue weighted by atomic mass is 16.8. The third-order valence-electron chi connectivity index (χ3n) is 6.02. The van der Waals surface area contributed by atoms with E-state index in [1.807, 2.05) is 6.92 Å². The molecule has 0 aliphatic carbocycles. The van der Waals surface area contributed by atoms with Gasteiger partial charge in [0.25, 0.3) is 0 Å². The summed E-state index contributed by atoms with van der Waals surface area (Å²) < 4.78 is 34.9. The summed E-state index contributed by atoms with van der Waals surface area (Å²) >= 11 is 0. The second kappa shape index (κ2) is 11.1. The van der Waals surface area contributed by atoms with E-state index in [9.17, 15) is 14.7 Å². The van der Waals surface area contributed by atoms with Crippen molar-refractivity contribution in [3.05, 3.63) is 29.8 Å². The van der Waals surface area contributed by atoms with Gasteiger partial charge in [0.15, 0.2) is 11.6 Å². The molecule has 0 bridgehead atoms. The zero-order valence-corrected chi connectivity index (χ0v) is 20.6. The smallest absolute Gasteiger partial charge is 0.379 e. The number of aliphatic hydroxyl groups is 1. The molecule has 0 aromatic heterocycles. The molecule has 2 fully saturated rings. The molecule has 1 unspecified atom stereocenters. The highest BCUT2D eigenvalue weighted by Crippen LogP contribution is 2.39. The van der Waals surface area contributed by atoms with Crippen molar-refractivity contribution in [2.24, 2.45) is 0 Å². The summed E-state index contributed by atoms with van der Waals surface area (Å²) in [6.45, 7) is 7.93. The predicted molar refractivity (Wildman–Crippen MR) is 121 cm³/mol. The first-order valence-electron chi connectivity index (χ1n) is 11.8. The van der Waals surface area contributed by atoms with Gasteiger partial charge in [-0.25, -0.2) is 4.79 Å². The van der Waals surface area contributed by atoms with Crippen LogP contribution >= 0.6 is 0 Å². The number of esters is 1. The van der Waals surface area contributed by atoms with E-state index in [4.69, 9.17) is 28.4 Å². The molecule has 2 aliphatic rings. The summed E-state index contributed by atoms with van der Waals surface area (Å²) in [7, 11) is 1.24. The zero-order chi connectivity index (χ0) is 24.9. The lowest BCUT2D eigenvalue weighted by atomic mass is 9.92. The molecule has 3 rings (SSSR count). The van der Waals surface area contributed by atoms with Gasteiger partial charge in [-0.2, -0.15) is 0 Å².